The number of nitrogens with zero attached hydrogens (tertiary/aromatic N) is 3. The Labute approximate surface area is 171 Å². The van der Waals surface area contributed by atoms with E-state index in [0.29, 0.717) is 12.5 Å². The van der Waals surface area contributed by atoms with Gasteiger partial charge in [-0.2, -0.15) is 0 Å². The molecule has 6 nitrogen and oxygen atoms in total. The predicted octanol–water partition coefficient (Wildman–Crippen LogP) is 1.88. The van der Waals surface area contributed by atoms with E-state index in [1.807, 2.05) is 10.6 Å². The number of pyridine rings is 1. The molecule has 1 aromatic rings. The normalized spacial score (nSPS) is 30.9. The lowest BCUT2D eigenvalue weighted by molar-refractivity contribution is -0.135. The van der Waals surface area contributed by atoms with Gasteiger partial charge in [0.2, 0.25) is 5.91 Å². The number of fused-ring (bicyclic) bond motifs is 4. The SMILES string of the molecule is CN(C)C(=O)[C@@H]1[C@@H](CO)[C@@H]2Cn3c(ccc(C4=CCCC4)c3=O)[C@H]1N2CC1CC1. The fourth-order valence-electron chi connectivity index (χ4n) is 5.81. The first-order valence-electron chi connectivity index (χ1n) is 11.0. The molecule has 29 heavy (non-hydrogen) atoms. The molecule has 4 aliphatic rings. The number of aliphatic hydroxyl groups excluding tert-OH is 1. The smallest absolute Gasteiger partial charge is 0.258 e. The van der Waals surface area contributed by atoms with Crippen LogP contribution in [0.2, 0.25) is 0 Å². The third-order valence-electron chi connectivity index (χ3n) is 7.45. The van der Waals surface area contributed by atoms with Gasteiger partial charge in [0.05, 0.1) is 12.0 Å². The van der Waals surface area contributed by atoms with Crippen LogP contribution >= 0.6 is 0 Å². The van der Waals surface area contributed by atoms with Crippen molar-refractivity contribution in [2.24, 2.45) is 17.8 Å². The summed E-state index contributed by atoms with van der Waals surface area (Å²) >= 11 is 0. The Kier molecular flexibility index (Phi) is 4.67. The zero-order chi connectivity index (χ0) is 20.3. The van der Waals surface area contributed by atoms with Crippen LogP contribution in [-0.2, 0) is 11.3 Å². The standard InChI is InChI=1S/C23H31N3O3/c1-24(2)23(29)20-17(13-27)19-12-26-18(21(20)25(19)11-14-7-8-14)10-9-16(22(26)28)15-5-3-4-6-15/h5,9-10,14,17,19-21,27H,3-4,6-8,11-13H2,1-2H3/t17-,19-,20+,21+/m0/s1. The van der Waals surface area contributed by atoms with Crippen molar-refractivity contribution in [1.29, 1.82) is 0 Å². The van der Waals surface area contributed by atoms with Gasteiger partial charge in [0, 0.05) is 57.0 Å². The zero-order valence-electron chi connectivity index (χ0n) is 17.4. The summed E-state index contributed by atoms with van der Waals surface area (Å²) in [7, 11) is 3.57. The number of allylic oxidation sites excluding steroid dienone is 2. The van der Waals surface area contributed by atoms with Crippen molar-refractivity contribution in [3.63, 3.8) is 0 Å². The third kappa shape index (κ3) is 2.99. The maximum absolute atomic E-state index is 13.4. The van der Waals surface area contributed by atoms with Crippen LogP contribution < -0.4 is 5.56 Å². The second kappa shape index (κ2) is 7.10. The molecule has 0 radical (unpaired) electrons. The molecular weight excluding hydrogens is 366 g/mol. The molecule has 4 atom stereocenters. The molecule has 5 rings (SSSR count). The molecule has 2 aliphatic carbocycles. The van der Waals surface area contributed by atoms with E-state index in [0.717, 1.165) is 42.6 Å². The molecule has 0 spiro atoms. The van der Waals surface area contributed by atoms with Crippen LogP contribution in [0.5, 0.6) is 0 Å². The first kappa shape index (κ1) is 19.1. The molecule has 0 aromatic carbocycles. The largest absolute Gasteiger partial charge is 0.396 e. The molecule has 2 bridgehead atoms. The molecule has 6 heteroatoms. The van der Waals surface area contributed by atoms with Crippen molar-refractivity contribution < 1.29 is 9.90 Å². The van der Waals surface area contributed by atoms with E-state index in [-0.39, 0.29) is 42.0 Å². The third-order valence-corrected chi connectivity index (χ3v) is 7.45. The van der Waals surface area contributed by atoms with Gasteiger partial charge >= 0.3 is 0 Å². The molecule has 1 amide bonds. The maximum atomic E-state index is 13.4. The van der Waals surface area contributed by atoms with Crippen LogP contribution in [0.4, 0.5) is 0 Å². The Morgan fingerprint density at radius 1 is 1.28 bits per heavy atom. The fourth-order valence-corrected chi connectivity index (χ4v) is 5.81. The van der Waals surface area contributed by atoms with E-state index in [1.54, 1.807) is 19.0 Å². The maximum Gasteiger partial charge on any atom is 0.258 e. The number of amides is 1. The highest BCUT2D eigenvalue weighted by Crippen LogP contribution is 2.50. The van der Waals surface area contributed by atoms with E-state index in [1.165, 1.54) is 12.8 Å². The molecular formula is C23H31N3O3. The van der Waals surface area contributed by atoms with E-state index in [4.69, 9.17) is 0 Å². The number of aromatic nitrogens is 1. The summed E-state index contributed by atoms with van der Waals surface area (Å²) in [5.41, 5.74) is 3.01. The Bertz CT molecular complexity index is 914. The first-order chi connectivity index (χ1) is 14.0. The minimum atomic E-state index is -0.302. The van der Waals surface area contributed by atoms with E-state index < -0.39 is 0 Å². The van der Waals surface area contributed by atoms with Gasteiger partial charge in [-0.1, -0.05) is 6.08 Å². The summed E-state index contributed by atoms with van der Waals surface area (Å²) in [5.74, 6) is 0.306. The van der Waals surface area contributed by atoms with Crippen molar-refractivity contribution in [2.45, 2.75) is 50.7 Å². The minimum absolute atomic E-state index is 0.0205. The van der Waals surface area contributed by atoms with Gasteiger partial charge in [0.15, 0.2) is 0 Å². The van der Waals surface area contributed by atoms with Crippen molar-refractivity contribution in [3.8, 4) is 0 Å². The molecule has 1 aromatic heterocycles. The molecule has 1 N–H and O–H groups in total. The van der Waals surface area contributed by atoms with Crippen molar-refractivity contribution in [1.82, 2.24) is 14.4 Å². The van der Waals surface area contributed by atoms with Crippen LogP contribution in [0.3, 0.4) is 0 Å². The highest BCUT2D eigenvalue weighted by molar-refractivity contribution is 5.80. The molecule has 1 saturated carbocycles. The Morgan fingerprint density at radius 3 is 2.69 bits per heavy atom. The van der Waals surface area contributed by atoms with E-state index >= 15 is 0 Å². The molecule has 2 aliphatic heterocycles. The van der Waals surface area contributed by atoms with Crippen LogP contribution in [0.25, 0.3) is 5.57 Å². The molecule has 3 heterocycles. The van der Waals surface area contributed by atoms with Crippen LogP contribution in [-0.4, -0.2) is 58.7 Å². The lowest BCUT2D eigenvalue weighted by Crippen LogP contribution is -2.47. The summed E-state index contributed by atoms with van der Waals surface area (Å²) in [6, 6.07) is 3.97. The Morgan fingerprint density at radius 2 is 2.07 bits per heavy atom. The first-order valence-corrected chi connectivity index (χ1v) is 11.0. The van der Waals surface area contributed by atoms with Crippen molar-refractivity contribution in [2.75, 3.05) is 27.2 Å². The van der Waals surface area contributed by atoms with Crippen LogP contribution in [0.15, 0.2) is 23.0 Å². The van der Waals surface area contributed by atoms with Gasteiger partial charge < -0.3 is 14.6 Å². The van der Waals surface area contributed by atoms with Gasteiger partial charge in [-0.3, -0.25) is 14.5 Å². The molecule has 0 unspecified atom stereocenters. The summed E-state index contributed by atoms with van der Waals surface area (Å²) in [6.07, 6.45) is 7.80. The highest BCUT2D eigenvalue weighted by Gasteiger charge is 2.56. The fraction of sp³-hybridized carbons (Fsp3) is 0.652. The number of carbonyl (C=O) groups is 1. The lowest BCUT2D eigenvalue weighted by Gasteiger charge is -2.38. The quantitative estimate of drug-likeness (QED) is 0.824. The van der Waals surface area contributed by atoms with Crippen LogP contribution in [0, 0.1) is 17.8 Å². The Hall–Kier alpha value is -1.92. The average Bonchev–Trinajstić information content (AvgIpc) is 3.29. The zero-order valence-corrected chi connectivity index (χ0v) is 17.4. The second-order valence-electron chi connectivity index (χ2n) is 9.47. The van der Waals surface area contributed by atoms with Crippen LogP contribution in [0.1, 0.15) is 49.4 Å². The summed E-state index contributed by atoms with van der Waals surface area (Å²) < 4.78 is 1.92. The topological polar surface area (TPSA) is 65.8 Å². The monoisotopic (exact) mass is 397 g/mol. The molecule has 156 valence electrons. The highest BCUT2D eigenvalue weighted by atomic mass is 16.3. The second-order valence-corrected chi connectivity index (χ2v) is 9.47. The summed E-state index contributed by atoms with van der Waals surface area (Å²) in [4.78, 5) is 30.7. The Balaban J connectivity index is 1.62. The van der Waals surface area contributed by atoms with E-state index in [2.05, 4.69) is 17.0 Å². The van der Waals surface area contributed by atoms with Gasteiger partial charge in [-0.25, -0.2) is 0 Å². The number of aliphatic hydroxyl groups is 1. The molecule has 2 fully saturated rings. The van der Waals surface area contributed by atoms with Gasteiger partial charge in [0.1, 0.15) is 0 Å². The number of hydrogen-bond acceptors (Lipinski definition) is 4. The van der Waals surface area contributed by atoms with Crippen molar-refractivity contribution >= 4 is 11.5 Å². The molecule has 1 saturated heterocycles. The van der Waals surface area contributed by atoms with Crippen molar-refractivity contribution in [3.05, 3.63) is 39.8 Å². The van der Waals surface area contributed by atoms with Gasteiger partial charge in [-0.15, -0.1) is 0 Å². The van der Waals surface area contributed by atoms with E-state index in [9.17, 15) is 14.7 Å². The number of carbonyl (C=O) groups excluding carboxylic acids is 1. The average molecular weight is 398 g/mol. The number of rotatable bonds is 5. The lowest BCUT2D eigenvalue weighted by atomic mass is 9.86. The van der Waals surface area contributed by atoms with Gasteiger partial charge in [0.25, 0.3) is 5.56 Å². The van der Waals surface area contributed by atoms with Gasteiger partial charge in [-0.05, 0) is 55.7 Å². The number of hydrogen-bond donors (Lipinski definition) is 1. The summed E-state index contributed by atoms with van der Waals surface area (Å²) in [6.45, 7) is 1.51. The minimum Gasteiger partial charge on any atom is -0.396 e. The summed E-state index contributed by atoms with van der Waals surface area (Å²) in [5, 5.41) is 10.3. The predicted molar refractivity (Wildman–Crippen MR) is 111 cm³/mol.